The van der Waals surface area contributed by atoms with Crippen molar-refractivity contribution in [2.75, 3.05) is 0 Å². The van der Waals surface area contributed by atoms with Crippen LogP contribution in [0.4, 0.5) is 4.39 Å². The molecule has 0 aliphatic carbocycles. The monoisotopic (exact) mass is 391 g/mol. The highest BCUT2D eigenvalue weighted by Crippen LogP contribution is 2.26. The van der Waals surface area contributed by atoms with E-state index in [2.05, 4.69) is 5.32 Å². The highest BCUT2D eigenvalue weighted by atomic mass is 19.1. The number of hydrogen-bond donors (Lipinski definition) is 2. The molecule has 0 aliphatic heterocycles. The van der Waals surface area contributed by atoms with Crippen molar-refractivity contribution in [2.24, 2.45) is 0 Å². The number of carboxylic acid groups (broad SMARTS) is 1. The van der Waals surface area contributed by atoms with Crippen LogP contribution in [0.1, 0.15) is 21.5 Å². The molecule has 0 heterocycles. The fraction of sp³-hybridized carbons (Fsp3) is 0.0435. The number of rotatable bonds is 6. The van der Waals surface area contributed by atoms with Gasteiger partial charge in [-0.1, -0.05) is 36.4 Å². The molecule has 0 unspecified atom stereocenters. The van der Waals surface area contributed by atoms with Crippen molar-refractivity contribution >= 4 is 18.0 Å². The summed E-state index contributed by atoms with van der Waals surface area (Å²) in [6.45, 7) is 1.83. The van der Waals surface area contributed by atoms with Gasteiger partial charge in [0.2, 0.25) is 0 Å². The summed E-state index contributed by atoms with van der Waals surface area (Å²) >= 11 is 0. The zero-order valence-electron chi connectivity index (χ0n) is 15.6. The Labute approximate surface area is 167 Å². The third-order valence-corrected chi connectivity index (χ3v) is 4.02. The predicted molar refractivity (Wildman–Crippen MR) is 107 cm³/mol. The van der Waals surface area contributed by atoms with Gasteiger partial charge in [0.05, 0.1) is 0 Å². The molecule has 29 heavy (non-hydrogen) atoms. The summed E-state index contributed by atoms with van der Waals surface area (Å²) < 4.78 is 19.4. The van der Waals surface area contributed by atoms with Gasteiger partial charge in [-0.25, -0.2) is 9.18 Å². The van der Waals surface area contributed by atoms with Gasteiger partial charge in [0.25, 0.3) is 5.91 Å². The van der Waals surface area contributed by atoms with E-state index in [1.807, 2.05) is 6.92 Å². The van der Waals surface area contributed by atoms with Crippen molar-refractivity contribution in [2.45, 2.75) is 6.92 Å². The summed E-state index contributed by atoms with van der Waals surface area (Å²) in [4.78, 5) is 23.7. The Morgan fingerprint density at radius 3 is 2.34 bits per heavy atom. The van der Waals surface area contributed by atoms with Crippen molar-refractivity contribution < 1.29 is 23.8 Å². The molecule has 3 aromatic rings. The van der Waals surface area contributed by atoms with Crippen LogP contribution in [-0.2, 0) is 4.79 Å². The minimum atomic E-state index is -1.27. The van der Waals surface area contributed by atoms with Gasteiger partial charge in [-0.05, 0) is 60.5 Å². The molecule has 2 N–H and O–H groups in total. The number of amides is 1. The number of aliphatic carboxylic acids is 1. The first kappa shape index (κ1) is 19.8. The second-order valence-corrected chi connectivity index (χ2v) is 6.29. The molecule has 0 bridgehead atoms. The average Bonchev–Trinajstić information content (AvgIpc) is 2.72. The Morgan fingerprint density at radius 2 is 1.69 bits per heavy atom. The molecular weight excluding hydrogens is 373 g/mol. The van der Waals surface area contributed by atoms with Crippen LogP contribution < -0.4 is 10.1 Å². The number of aryl methyl sites for hydroxylation is 1. The molecule has 0 saturated heterocycles. The molecule has 0 fully saturated rings. The van der Waals surface area contributed by atoms with Gasteiger partial charge >= 0.3 is 5.97 Å². The van der Waals surface area contributed by atoms with Crippen molar-refractivity contribution in [1.82, 2.24) is 5.32 Å². The van der Waals surface area contributed by atoms with Gasteiger partial charge in [-0.3, -0.25) is 4.79 Å². The van der Waals surface area contributed by atoms with E-state index >= 15 is 0 Å². The average molecular weight is 391 g/mol. The summed E-state index contributed by atoms with van der Waals surface area (Å²) in [7, 11) is 0. The molecular formula is C23H18FNO4. The lowest BCUT2D eigenvalue weighted by molar-refractivity contribution is -0.132. The molecule has 5 nitrogen and oxygen atoms in total. The van der Waals surface area contributed by atoms with E-state index in [9.17, 15) is 19.1 Å². The van der Waals surface area contributed by atoms with Gasteiger partial charge in [0.1, 0.15) is 11.4 Å². The first-order chi connectivity index (χ1) is 13.9. The van der Waals surface area contributed by atoms with Crippen LogP contribution in [0.15, 0.2) is 78.5 Å². The molecule has 3 aromatic carbocycles. The number of carbonyl (C=O) groups excluding carboxylic acids is 1. The van der Waals surface area contributed by atoms with Gasteiger partial charge in [0, 0.05) is 5.56 Å². The van der Waals surface area contributed by atoms with Crippen molar-refractivity contribution in [3.8, 4) is 11.5 Å². The third-order valence-electron chi connectivity index (χ3n) is 4.02. The van der Waals surface area contributed by atoms with E-state index < -0.39 is 17.7 Å². The van der Waals surface area contributed by atoms with Crippen LogP contribution in [0.5, 0.6) is 11.5 Å². The van der Waals surface area contributed by atoms with Crippen molar-refractivity contribution in [3.05, 3.63) is 101 Å². The number of nitrogens with one attached hydrogen (secondary N) is 1. The van der Waals surface area contributed by atoms with Crippen LogP contribution in [0.25, 0.3) is 6.08 Å². The standard InChI is InChI=1S/C23H18FNO4/c1-15-7-12-19(24)21(13-15)29-18-10-8-16(9-11-18)14-20(23(27)28)25-22(26)17-5-3-2-4-6-17/h2-14H,1H3,(H,25,26)(H,27,28)/b20-14+. The second-order valence-electron chi connectivity index (χ2n) is 6.29. The van der Waals surface area contributed by atoms with Gasteiger partial charge in [-0.2, -0.15) is 0 Å². The summed E-state index contributed by atoms with van der Waals surface area (Å²) in [5, 5.41) is 11.8. The van der Waals surface area contributed by atoms with E-state index in [4.69, 9.17) is 4.74 Å². The summed E-state index contributed by atoms with van der Waals surface area (Å²) in [6, 6.07) is 19.3. The molecule has 0 atom stereocenters. The fourth-order valence-corrected chi connectivity index (χ4v) is 2.55. The second kappa shape index (κ2) is 8.84. The van der Waals surface area contributed by atoms with E-state index in [-0.39, 0.29) is 11.4 Å². The minimum absolute atomic E-state index is 0.106. The van der Waals surface area contributed by atoms with Crippen LogP contribution in [-0.4, -0.2) is 17.0 Å². The summed E-state index contributed by atoms with van der Waals surface area (Å²) in [5.74, 6) is -1.76. The smallest absolute Gasteiger partial charge is 0.352 e. The molecule has 0 radical (unpaired) electrons. The van der Waals surface area contributed by atoms with Gasteiger partial charge < -0.3 is 15.2 Å². The van der Waals surface area contributed by atoms with Crippen LogP contribution in [0, 0.1) is 12.7 Å². The molecule has 3 rings (SSSR count). The van der Waals surface area contributed by atoms with Crippen molar-refractivity contribution in [1.29, 1.82) is 0 Å². The molecule has 6 heteroatoms. The molecule has 0 aromatic heterocycles. The maximum absolute atomic E-state index is 13.8. The Bertz CT molecular complexity index is 1060. The lowest BCUT2D eigenvalue weighted by Gasteiger charge is -2.09. The summed E-state index contributed by atoms with van der Waals surface area (Å²) in [6.07, 6.45) is 1.33. The Morgan fingerprint density at radius 1 is 1.00 bits per heavy atom. The topological polar surface area (TPSA) is 75.6 Å². The third kappa shape index (κ3) is 5.29. The van der Waals surface area contributed by atoms with Crippen LogP contribution in [0.3, 0.4) is 0 Å². The molecule has 0 saturated carbocycles. The number of benzene rings is 3. The maximum atomic E-state index is 13.8. The number of halogens is 1. The maximum Gasteiger partial charge on any atom is 0.352 e. The first-order valence-electron chi connectivity index (χ1n) is 8.78. The molecule has 1 amide bonds. The highest BCUT2D eigenvalue weighted by Gasteiger charge is 2.13. The van der Waals surface area contributed by atoms with E-state index in [1.165, 1.54) is 12.1 Å². The number of carbonyl (C=O) groups is 2. The zero-order valence-corrected chi connectivity index (χ0v) is 15.6. The van der Waals surface area contributed by atoms with Crippen LogP contribution in [0.2, 0.25) is 0 Å². The lowest BCUT2D eigenvalue weighted by Crippen LogP contribution is -2.27. The molecule has 0 aliphatic rings. The summed E-state index contributed by atoms with van der Waals surface area (Å²) in [5.41, 5.74) is 1.48. The predicted octanol–water partition coefficient (Wildman–Crippen LogP) is 4.78. The SMILES string of the molecule is Cc1ccc(F)c(Oc2ccc(/C=C(/NC(=O)c3ccccc3)C(=O)O)cc2)c1. The number of ether oxygens (including phenoxy) is 1. The highest BCUT2D eigenvalue weighted by molar-refractivity contribution is 6.02. The fourth-order valence-electron chi connectivity index (χ4n) is 2.55. The van der Waals surface area contributed by atoms with E-state index in [1.54, 1.807) is 66.7 Å². The lowest BCUT2D eigenvalue weighted by atomic mass is 10.1. The van der Waals surface area contributed by atoms with E-state index in [0.717, 1.165) is 5.56 Å². The largest absolute Gasteiger partial charge is 0.477 e. The minimum Gasteiger partial charge on any atom is -0.477 e. The molecule has 0 spiro atoms. The van der Waals surface area contributed by atoms with Gasteiger partial charge in [0.15, 0.2) is 11.6 Å². The van der Waals surface area contributed by atoms with Crippen molar-refractivity contribution in [3.63, 3.8) is 0 Å². The van der Waals surface area contributed by atoms with Gasteiger partial charge in [-0.15, -0.1) is 0 Å². The zero-order chi connectivity index (χ0) is 20.8. The van der Waals surface area contributed by atoms with E-state index in [0.29, 0.717) is 16.9 Å². The Balaban J connectivity index is 1.76. The number of hydrogen-bond acceptors (Lipinski definition) is 3. The molecule has 146 valence electrons. The Kier molecular flexibility index (Phi) is 6.04. The van der Waals surface area contributed by atoms with Crippen LogP contribution >= 0.6 is 0 Å². The first-order valence-corrected chi connectivity index (χ1v) is 8.78. The Hall–Kier alpha value is -3.93. The number of carboxylic acids is 1. The normalized spacial score (nSPS) is 11.0. The quantitative estimate of drug-likeness (QED) is 0.593.